The normalized spacial score (nSPS) is 26.6. The van der Waals surface area contributed by atoms with Crippen LogP contribution >= 0.6 is 11.8 Å². The molecule has 1 amide bonds. The smallest absolute Gasteiger partial charge is 0.326 e. The van der Waals surface area contributed by atoms with Gasteiger partial charge in [-0.25, -0.2) is 4.79 Å². The zero-order valence-corrected chi connectivity index (χ0v) is 11.5. The molecule has 98 valence electrons. The molecule has 4 nitrogen and oxygen atoms in total. The molecule has 1 rings (SSSR count). The summed E-state index contributed by atoms with van der Waals surface area (Å²) in [5.74, 6) is -0.508. The highest BCUT2D eigenvalue weighted by Gasteiger charge is 2.34. The molecule has 1 heterocycles. The summed E-state index contributed by atoms with van der Waals surface area (Å²) in [6, 6.07) is -0.625. The third kappa shape index (κ3) is 3.91. The van der Waals surface area contributed by atoms with Crippen molar-refractivity contribution in [3.8, 4) is 0 Å². The number of piperidine rings is 1. The molecule has 0 aromatic heterocycles. The van der Waals surface area contributed by atoms with Crippen molar-refractivity contribution in [2.24, 2.45) is 5.92 Å². The van der Waals surface area contributed by atoms with Crippen LogP contribution in [0, 0.1) is 5.92 Å². The summed E-state index contributed by atoms with van der Waals surface area (Å²) in [6.45, 7) is 4.62. The number of carbonyl (C=O) groups excluding carboxylic acids is 1. The largest absolute Gasteiger partial charge is 0.480 e. The number of rotatable bonds is 4. The topological polar surface area (TPSA) is 57.6 Å². The average molecular weight is 259 g/mol. The number of nitrogens with zero attached hydrogens (tertiary/aromatic N) is 1. The Labute approximate surface area is 107 Å². The van der Waals surface area contributed by atoms with Crippen molar-refractivity contribution in [1.82, 2.24) is 4.90 Å². The fourth-order valence-corrected chi connectivity index (χ4v) is 2.43. The quantitative estimate of drug-likeness (QED) is 0.837. The predicted octanol–water partition coefficient (Wildman–Crippen LogP) is 1.84. The van der Waals surface area contributed by atoms with Gasteiger partial charge in [0.1, 0.15) is 6.04 Å². The van der Waals surface area contributed by atoms with Crippen LogP contribution in [0.3, 0.4) is 0 Å². The summed E-state index contributed by atoms with van der Waals surface area (Å²) in [4.78, 5) is 24.8. The Hall–Kier alpha value is -0.710. The van der Waals surface area contributed by atoms with E-state index in [4.69, 9.17) is 5.11 Å². The van der Waals surface area contributed by atoms with E-state index in [1.807, 2.05) is 20.1 Å². The second kappa shape index (κ2) is 6.28. The highest BCUT2D eigenvalue weighted by molar-refractivity contribution is 7.99. The van der Waals surface area contributed by atoms with E-state index in [0.717, 1.165) is 6.42 Å². The Bertz CT molecular complexity index is 295. The number of carboxylic acid groups (broad SMARTS) is 1. The van der Waals surface area contributed by atoms with E-state index in [1.165, 1.54) is 0 Å². The van der Waals surface area contributed by atoms with Gasteiger partial charge >= 0.3 is 5.97 Å². The summed E-state index contributed by atoms with van der Waals surface area (Å²) in [6.07, 6.45) is 3.88. The van der Waals surface area contributed by atoms with Crippen LogP contribution in [-0.2, 0) is 9.59 Å². The Morgan fingerprint density at radius 3 is 2.71 bits per heavy atom. The molecule has 3 unspecified atom stereocenters. The highest BCUT2D eigenvalue weighted by Crippen LogP contribution is 2.24. The standard InChI is InChI=1S/C12H21NO3S/c1-8-4-5-13(10(6-8)12(15)16)11(14)7-9(2)17-3/h8-10H,4-7H2,1-3H3,(H,15,16). The van der Waals surface area contributed by atoms with Crippen LogP contribution in [0.15, 0.2) is 0 Å². The third-order valence-corrected chi connectivity index (χ3v) is 4.31. The number of carbonyl (C=O) groups is 2. The molecule has 5 heteroatoms. The average Bonchev–Trinajstić information content (AvgIpc) is 2.28. The molecule has 0 bridgehead atoms. The molecule has 0 aromatic carbocycles. The number of likely N-dealkylation sites (tertiary alicyclic amines) is 1. The van der Waals surface area contributed by atoms with Gasteiger partial charge in [0, 0.05) is 18.2 Å². The van der Waals surface area contributed by atoms with Crippen LogP contribution in [0.25, 0.3) is 0 Å². The van der Waals surface area contributed by atoms with E-state index >= 15 is 0 Å². The SMILES string of the molecule is CSC(C)CC(=O)N1CCC(C)CC1C(=O)O. The maximum absolute atomic E-state index is 12.0. The monoisotopic (exact) mass is 259 g/mol. The molecular weight excluding hydrogens is 238 g/mol. The van der Waals surface area contributed by atoms with Gasteiger partial charge < -0.3 is 10.0 Å². The van der Waals surface area contributed by atoms with Gasteiger partial charge in [-0.1, -0.05) is 13.8 Å². The highest BCUT2D eigenvalue weighted by atomic mass is 32.2. The number of aliphatic carboxylic acids is 1. The first-order chi connectivity index (χ1) is 7.95. The molecule has 1 aliphatic rings. The van der Waals surface area contributed by atoms with Crippen molar-refractivity contribution >= 4 is 23.6 Å². The molecule has 3 atom stereocenters. The van der Waals surface area contributed by atoms with Crippen LogP contribution < -0.4 is 0 Å². The summed E-state index contributed by atoms with van der Waals surface area (Å²) >= 11 is 1.63. The fraction of sp³-hybridized carbons (Fsp3) is 0.833. The third-order valence-electron chi connectivity index (χ3n) is 3.33. The van der Waals surface area contributed by atoms with Gasteiger partial charge in [0.15, 0.2) is 0 Å². The minimum Gasteiger partial charge on any atom is -0.480 e. The number of amides is 1. The van der Waals surface area contributed by atoms with Gasteiger partial charge in [0.2, 0.25) is 5.91 Å². The molecule has 0 spiro atoms. The van der Waals surface area contributed by atoms with Crippen LogP contribution in [0.5, 0.6) is 0 Å². The van der Waals surface area contributed by atoms with Gasteiger partial charge in [0.05, 0.1) is 0 Å². The number of hydrogen-bond donors (Lipinski definition) is 1. The Kier molecular flexibility index (Phi) is 5.31. The van der Waals surface area contributed by atoms with Crippen molar-refractivity contribution in [2.45, 2.75) is 44.4 Å². The molecule has 1 saturated heterocycles. The molecule has 1 fully saturated rings. The Morgan fingerprint density at radius 1 is 1.53 bits per heavy atom. The summed E-state index contributed by atoms with van der Waals surface area (Å²) in [7, 11) is 0. The number of carboxylic acids is 1. The second-order valence-corrected chi connectivity index (χ2v) is 6.10. The van der Waals surface area contributed by atoms with E-state index in [9.17, 15) is 9.59 Å². The first-order valence-corrected chi connectivity index (χ1v) is 7.29. The zero-order valence-electron chi connectivity index (χ0n) is 10.7. The maximum Gasteiger partial charge on any atom is 0.326 e. The van der Waals surface area contributed by atoms with E-state index in [2.05, 4.69) is 0 Å². The molecule has 0 radical (unpaired) electrons. The van der Waals surface area contributed by atoms with E-state index in [-0.39, 0.29) is 11.2 Å². The minimum atomic E-state index is -0.873. The van der Waals surface area contributed by atoms with Crippen molar-refractivity contribution in [2.75, 3.05) is 12.8 Å². The van der Waals surface area contributed by atoms with Crippen molar-refractivity contribution in [3.05, 3.63) is 0 Å². The lowest BCUT2D eigenvalue weighted by molar-refractivity contribution is -0.153. The molecule has 1 aliphatic heterocycles. The minimum absolute atomic E-state index is 0.0221. The molecule has 1 N–H and O–H groups in total. The lowest BCUT2D eigenvalue weighted by atomic mass is 9.92. The van der Waals surface area contributed by atoms with Crippen molar-refractivity contribution in [1.29, 1.82) is 0 Å². The zero-order chi connectivity index (χ0) is 13.0. The van der Waals surface area contributed by atoms with Crippen molar-refractivity contribution in [3.63, 3.8) is 0 Å². The maximum atomic E-state index is 12.0. The van der Waals surface area contributed by atoms with E-state index in [0.29, 0.717) is 25.3 Å². The molecule has 17 heavy (non-hydrogen) atoms. The van der Waals surface area contributed by atoms with Crippen LogP contribution in [0.2, 0.25) is 0 Å². The molecule has 0 saturated carbocycles. The van der Waals surface area contributed by atoms with Gasteiger partial charge in [-0.05, 0) is 25.0 Å². The van der Waals surface area contributed by atoms with Crippen LogP contribution in [0.4, 0.5) is 0 Å². The predicted molar refractivity (Wildman–Crippen MR) is 69.1 cm³/mol. The van der Waals surface area contributed by atoms with Crippen LogP contribution in [0.1, 0.15) is 33.1 Å². The lowest BCUT2D eigenvalue weighted by Gasteiger charge is -2.36. The second-order valence-electron chi connectivity index (χ2n) is 4.82. The first kappa shape index (κ1) is 14.4. The first-order valence-electron chi connectivity index (χ1n) is 6.00. The van der Waals surface area contributed by atoms with Crippen LogP contribution in [-0.4, -0.2) is 46.0 Å². The van der Waals surface area contributed by atoms with Gasteiger partial charge in [-0.2, -0.15) is 11.8 Å². The number of hydrogen-bond acceptors (Lipinski definition) is 3. The summed E-state index contributed by atoms with van der Waals surface area (Å²) in [5, 5.41) is 9.41. The summed E-state index contributed by atoms with van der Waals surface area (Å²) < 4.78 is 0. The van der Waals surface area contributed by atoms with Gasteiger partial charge in [-0.3, -0.25) is 4.79 Å². The Morgan fingerprint density at radius 2 is 2.18 bits per heavy atom. The summed E-state index contributed by atoms with van der Waals surface area (Å²) in [5.41, 5.74) is 0. The number of thioether (sulfide) groups is 1. The van der Waals surface area contributed by atoms with E-state index < -0.39 is 12.0 Å². The van der Waals surface area contributed by atoms with Gasteiger partial charge in [-0.15, -0.1) is 0 Å². The van der Waals surface area contributed by atoms with Crippen molar-refractivity contribution < 1.29 is 14.7 Å². The fourth-order valence-electron chi connectivity index (χ4n) is 2.12. The Balaban J connectivity index is 2.66. The molecular formula is C12H21NO3S. The molecule has 0 aromatic rings. The molecule has 0 aliphatic carbocycles. The van der Waals surface area contributed by atoms with Gasteiger partial charge in [0.25, 0.3) is 0 Å². The van der Waals surface area contributed by atoms with E-state index in [1.54, 1.807) is 16.7 Å². The lowest BCUT2D eigenvalue weighted by Crippen LogP contribution is -2.50.